The maximum Gasteiger partial charge on any atom is 0.150 e. The largest absolute Gasteiger partial charge is 0.382 e. The average Bonchev–Trinajstić information content (AvgIpc) is 1.64. The number of pyridine rings is 3. The number of nitrogens with zero attached hydrogens (tertiary/aromatic N) is 16. The molecule has 20 rings (SSSR count). The number of hydrogen-bond donors (Lipinski definition) is 3. The summed E-state index contributed by atoms with van der Waals surface area (Å²) in [5.41, 5.74) is 36.7. The smallest absolute Gasteiger partial charge is 0.150 e. The molecule has 6 aromatic carbocycles. The van der Waals surface area contributed by atoms with Crippen molar-refractivity contribution in [1.82, 2.24) is 77.7 Å². The molecule has 2 aliphatic heterocycles. The number of rotatable bonds is 15. The molecular weight excluding hydrogens is 1320 g/mol. The molecule has 0 amide bonds. The van der Waals surface area contributed by atoms with E-state index < -0.39 is 0 Å². The summed E-state index contributed by atoms with van der Waals surface area (Å²) >= 11 is 0. The van der Waals surface area contributed by atoms with Gasteiger partial charge in [0.25, 0.3) is 0 Å². The topological polar surface area (TPSA) is 220 Å². The van der Waals surface area contributed by atoms with Crippen LogP contribution >= 0.6 is 0 Å². The molecule has 5 fully saturated rings. The van der Waals surface area contributed by atoms with Crippen molar-refractivity contribution in [2.75, 3.05) is 97.2 Å². The molecule has 19 nitrogen and oxygen atoms in total. The lowest BCUT2D eigenvalue weighted by molar-refractivity contribution is 0.104. The van der Waals surface area contributed by atoms with Gasteiger partial charge in [-0.05, 0) is 133 Å². The monoisotopic (exact) mass is 1410 g/mol. The molecule has 0 spiro atoms. The third-order valence-corrected chi connectivity index (χ3v) is 22.9. The molecule has 3 aliphatic carbocycles. The summed E-state index contributed by atoms with van der Waals surface area (Å²) in [4.78, 5) is 53.5. The van der Waals surface area contributed by atoms with Crippen LogP contribution in [0.1, 0.15) is 80.2 Å². The van der Waals surface area contributed by atoms with Crippen molar-refractivity contribution in [3.05, 3.63) is 237 Å². The number of hydrogen-bond acceptors (Lipinski definition) is 16. The van der Waals surface area contributed by atoms with Crippen molar-refractivity contribution in [3.63, 3.8) is 0 Å². The first-order valence-electron chi connectivity index (χ1n) is 38.0. The van der Waals surface area contributed by atoms with E-state index in [4.69, 9.17) is 47.1 Å². The van der Waals surface area contributed by atoms with Crippen molar-refractivity contribution in [3.8, 4) is 67.5 Å². The van der Waals surface area contributed by atoms with E-state index in [0.29, 0.717) is 35.2 Å². The van der Waals surface area contributed by atoms with Gasteiger partial charge in [-0.2, -0.15) is 0 Å². The van der Waals surface area contributed by atoms with Gasteiger partial charge in [-0.15, -0.1) is 0 Å². The van der Waals surface area contributed by atoms with E-state index in [1.54, 1.807) is 18.6 Å². The highest BCUT2D eigenvalue weighted by Gasteiger charge is 2.39. The maximum absolute atomic E-state index is 6.44. The third-order valence-electron chi connectivity index (χ3n) is 22.9. The minimum atomic E-state index is 0.441. The number of imidazole rings is 3. The molecule has 3 saturated carbocycles. The molecule has 5 aliphatic rings. The lowest BCUT2D eigenvalue weighted by Crippen LogP contribution is -2.47. The van der Waals surface area contributed by atoms with Gasteiger partial charge in [0.05, 0.1) is 33.6 Å². The average molecular weight is 1410 g/mol. The van der Waals surface area contributed by atoms with E-state index in [1.165, 1.54) is 84.5 Å². The number of anilines is 3. The SMILES string of the molecule is CN(C)CC1CC(c2nc(-c3ccc4ccc(-c5ccccc5)nc4c3)c3c(N)nccn23)C1.CN1CCN(CC2CC(c3nc(-c4ccc5ccc(-c6ccccc6)nc5c4)c4c(N)nccn34)C2)CC1.Nc1nccn2c(C3CC(CN4CCC4)C3)nc(-c3ccc4ccc(-c5ccccc5)nc4c3)c12. The Morgan fingerprint density at radius 1 is 0.364 bits per heavy atom. The fourth-order valence-electron chi connectivity index (χ4n) is 17.0. The van der Waals surface area contributed by atoms with Crippen molar-refractivity contribution < 1.29 is 0 Å². The van der Waals surface area contributed by atoms with Crippen LogP contribution < -0.4 is 17.2 Å². The summed E-state index contributed by atoms with van der Waals surface area (Å²) in [7, 11) is 6.49. The molecule has 0 radical (unpaired) electrons. The molecule has 0 bridgehead atoms. The Bertz CT molecular complexity index is 5730. The van der Waals surface area contributed by atoms with Crippen LogP contribution in [0.3, 0.4) is 0 Å². The second-order valence-electron chi connectivity index (χ2n) is 30.6. The fourth-order valence-corrected chi connectivity index (χ4v) is 17.0. The minimum absolute atomic E-state index is 0.441. The van der Waals surface area contributed by atoms with Crippen LogP contribution in [0.15, 0.2) is 219 Å². The Balaban J connectivity index is 0.000000114. The van der Waals surface area contributed by atoms with Crippen molar-refractivity contribution >= 4 is 66.7 Å². The van der Waals surface area contributed by atoms with Crippen LogP contribution in [-0.4, -0.2) is 158 Å². The first kappa shape index (κ1) is 67.5. The summed E-state index contributed by atoms with van der Waals surface area (Å²) in [5, 5.41) is 3.31. The highest BCUT2D eigenvalue weighted by Crippen LogP contribution is 2.47. The summed E-state index contributed by atoms with van der Waals surface area (Å²) in [5.74, 6) is 8.41. The molecule has 107 heavy (non-hydrogen) atoms. The number of likely N-dealkylation sites (N-methyl/N-ethyl adjacent to an activating group) is 1. The van der Waals surface area contributed by atoms with E-state index in [2.05, 4.69) is 196 Å². The lowest BCUT2D eigenvalue weighted by atomic mass is 9.74. The van der Waals surface area contributed by atoms with Gasteiger partial charge in [-0.3, -0.25) is 13.2 Å². The summed E-state index contributed by atoms with van der Waals surface area (Å²) < 4.78 is 6.48. The van der Waals surface area contributed by atoms with Gasteiger partial charge in [-0.1, -0.05) is 146 Å². The summed E-state index contributed by atoms with van der Waals surface area (Å²) in [6, 6.07) is 62.6. The van der Waals surface area contributed by atoms with Crippen LogP contribution in [0.25, 0.3) is 117 Å². The normalized spacial score (nSPS) is 19.6. The fraction of sp³-hybridized carbons (Fsp3) is 0.284. The second kappa shape index (κ2) is 28.8. The molecule has 0 unspecified atom stereocenters. The molecule has 9 aromatic heterocycles. The molecule has 6 N–H and O–H groups in total. The van der Waals surface area contributed by atoms with Gasteiger partial charge in [0.2, 0.25) is 0 Å². The number of nitrogen functional groups attached to an aromatic ring is 3. The molecule has 19 heteroatoms. The number of aromatic nitrogens is 12. The zero-order chi connectivity index (χ0) is 72.2. The van der Waals surface area contributed by atoms with Crippen molar-refractivity contribution in [2.24, 2.45) is 17.8 Å². The number of nitrogens with two attached hydrogens (primary N) is 3. The Labute approximate surface area is 622 Å². The molecular formula is C88H89N19. The standard InChI is InChI=1S/C31H33N7.C29H28N6.C28H28N6/c1-36-13-15-37(16-14-36)20-21-17-25(18-21)31-35-28(29-30(32)33-11-12-38(29)31)24-8-7-23-9-10-26(34-27(23)19-24)22-5-3-2-4-6-22;30-28-27-26(22-8-7-21-9-10-24(32-25(21)17-22)20-5-2-1-3-6-20)33-29(35(27)14-11-31-28)23-15-19(16-23)18-34-12-4-13-34;1-33(2)17-18-14-22(15-18)28-32-25(26-27(29)30-12-13-34(26)28)21-9-8-20-10-11-23(31-24(20)16-21)19-6-4-3-5-7-19/h2-12,19,21,25H,13-18,20H2,1H3,(H2,32,33);1-3,5-11,14,17,19,23H,4,12-13,15-16,18H2,(H2,30,31);3-13,16,18,22H,14-15,17H2,1-2H3,(H2,29,30). The third kappa shape index (κ3) is 13.6. The Morgan fingerprint density at radius 2 is 0.692 bits per heavy atom. The number of benzene rings is 6. The van der Waals surface area contributed by atoms with Crippen molar-refractivity contribution in [1.29, 1.82) is 0 Å². The van der Waals surface area contributed by atoms with Crippen LogP contribution in [0, 0.1) is 17.8 Å². The lowest BCUT2D eigenvalue weighted by Gasteiger charge is -2.41. The Kier molecular flexibility index (Phi) is 18.2. The Morgan fingerprint density at radius 3 is 1.02 bits per heavy atom. The minimum Gasteiger partial charge on any atom is -0.382 e. The predicted molar refractivity (Wildman–Crippen MR) is 431 cm³/mol. The molecule has 11 heterocycles. The van der Waals surface area contributed by atoms with Crippen LogP contribution in [0.2, 0.25) is 0 Å². The van der Waals surface area contributed by atoms with E-state index in [-0.39, 0.29) is 0 Å². The van der Waals surface area contributed by atoms with Gasteiger partial charge in [-0.25, -0.2) is 44.9 Å². The first-order chi connectivity index (χ1) is 52.4. The number of piperazine rings is 1. The van der Waals surface area contributed by atoms with Gasteiger partial charge in [0, 0.05) is 150 Å². The first-order valence-corrected chi connectivity index (χ1v) is 38.0. The molecule has 536 valence electrons. The maximum atomic E-state index is 6.44. The van der Waals surface area contributed by atoms with E-state index in [1.807, 2.05) is 73.2 Å². The van der Waals surface area contributed by atoms with Gasteiger partial charge in [0.1, 0.15) is 68.6 Å². The number of likely N-dealkylation sites (tertiary alicyclic amines) is 1. The van der Waals surface area contributed by atoms with Crippen LogP contribution in [0.4, 0.5) is 17.5 Å². The molecule has 15 aromatic rings. The quantitative estimate of drug-likeness (QED) is 0.0869. The van der Waals surface area contributed by atoms with Gasteiger partial charge >= 0.3 is 0 Å². The predicted octanol–water partition coefficient (Wildman–Crippen LogP) is 15.6. The summed E-state index contributed by atoms with van der Waals surface area (Å²) in [6.45, 7) is 10.8. The molecule has 0 atom stereocenters. The Hall–Kier alpha value is -11.4. The van der Waals surface area contributed by atoms with Gasteiger partial charge in [0.15, 0.2) is 0 Å². The highest BCUT2D eigenvalue weighted by atomic mass is 15.2. The zero-order valence-electron chi connectivity index (χ0n) is 60.9. The van der Waals surface area contributed by atoms with E-state index >= 15 is 0 Å². The van der Waals surface area contributed by atoms with Gasteiger partial charge < -0.3 is 36.8 Å². The van der Waals surface area contributed by atoms with Crippen molar-refractivity contribution in [2.45, 2.75) is 62.7 Å². The van der Waals surface area contributed by atoms with Crippen LogP contribution in [0.5, 0.6) is 0 Å². The van der Waals surface area contributed by atoms with E-state index in [0.717, 1.165) is 171 Å². The van der Waals surface area contributed by atoms with E-state index in [9.17, 15) is 0 Å². The number of fused-ring (bicyclic) bond motifs is 6. The van der Waals surface area contributed by atoms with Crippen LogP contribution in [-0.2, 0) is 0 Å². The summed E-state index contributed by atoms with van der Waals surface area (Å²) in [6.07, 6.45) is 19.7. The molecule has 2 saturated heterocycles. The highest BCUT2D eigenvalue weighted by molar-refractivity contribution is 5.94. The zero-order valence-corrected chi connectivity index (χ0v) is 60.9. The second-order valence-corrected chi connectivity index (χ2v) is 30.6.